The van der Waals surface area contributed by atoms with E-state index in [2.05, 4.69) is 10.2 Å². The number of benzene rings is 3. The number of amidine groups is 1. The fourth-order valence-corrected chi connectivity index (χ4v) is 2.51. The van der Waals surface area contributed by atoms with Crippen LogP contribution in [0.15, 0.2) is 89.9 Å². The highest BCUT2D eigenvalue weighted by Gasteiger charge is 2.05. The number of hydrogen-bond acceptors (Lipinski definition) is 3. The van der Waals surface area contributed by atoms with Crippen molar-refractivity contribution in [1.29, 1.82) is 0 Å². The van der Waals surface area contributed by atoms with Gasteiger partial charge in [0.25, 0.3) is 0 Å². The maximum Gasteiger partial charge on any atom is 0.138 e. The molecule has 0 heterocycles. The number of aliphatic imine (C=N–C) groups is 1. The molecule has 5 heteroatoms. The van der Waals surface area contributed by atoms with Gasteiger partial charge in [0.1, 0.15) is 18.2 Å². The van der Waals surface area contributed by atoms with E-state index in [0.29, 0.717) is 6.61 Å². The molecule has 1 N–H and O–H groups in total. The molecule has 0 radical (unpaired) electrons. The summed E-state index contributed by atoms with van der Waals surface area (Å²) in [6, 6.07) is 28.1. The third-order valence-corrected chi connectivity index (χ3v) is 3.97. The summed E-state index contributed by atoms with van der Waals surface area (Å²) in [5.74, 6) is 1.66. The van der Waals surface area contributed by atoms with E-state index < -0.39 is 0 Å². The Bertz CT molecular complexity index is 850. The first-order chi connectivity index (χ1) is 13.2. The molecule has 0 aromatic heterocycles. The van der Waals surface area contributed by atoms with Crippen molar-refractivity contribution < 1.29 is 4.74 Å². The van der Waals surface area contributed by atoms with Gasteiger partial charge in [-0.3, -0.25) is 0 Å². The molecule has 0 saturated heterocycles. The first-order valence-electron chi connectivity index (χ1n) is 9.04. The lowest BCUT2D eigenvalue weighted by atomic mass is 10.2. The molecule has 0 atom stereocenters. The molecule has 0 aliphatic rings. The zero-order chi connectivity index (χ0) is 18.9. The van der Waals surface area contributed by atoms with Crippen molar-refractivity contribution in [3.05, 3.63) is 90.5 Å². The van der Waals surface area contributed by atoms with Crippen molar-refractivity contribution in [3.8, 4) is 5.75 Å². The second-order valence-electron chi connectivity index (χ2n) is 6.46. The summed E-state index contributed by atoms with van der Waals surface area (Å²) >= 11 is 0. The molecule has 0 spiro atoms. The molecule has 0 unspecified atom stereocenters. The van der Waals surface area contributed by atoms with E-state index in [4.69, 9.17) is 9.73 Å². The van der Waals surface area contributed by atoms with Gasteiger partial charge in [0.05, 0.1) is 5.69 Å². The summed E-state index contributed by atoms with van der Waals surface area (Å²) in [5, 5.41) is 3.42. The van der Waals surface area contributed by atoms with Crippen LogP contribution in [0.4, 0.5) is 11.4 Å². The number of rotatable bonds is 7. The summed E-state index contributed by atoms with van der Waals surface area (Å²) < 4.78 is 5.75. The smallest absolute Gasteiger partial charge is 0.138 e. The van der Waals surface area contributed by atoms with Crippen LogP contribution < -0.4 is 10.1 Å². The van der Waals surface area contributed by atoms with Crippen LogP contribution in [-0.4, -0.2) is 38.0 Å². The molecule has 28 heavy (non-hydrogen) atoms. The third kappa shape index (κ3) is 6.83. The molecular formula is C23H26BrN3O. The molecule has 0 amide bonds. The molecule has 0 aliphatic heterocycles. The summed E-state index contributed by atoms with van der Waals surface area (Å²) in [5.41, 5.74) is 2.91. The fraction of sp³-hybridized carbons (Fsp3) is 0.174. The Morgan fingerprint density at radius 2 is 1.46 bits per heavy atom. The van der Waals surface area contributed by atoms with Crippen LogP contribution >= 0.6 is 17.0 Å². The van der Waals surface area contributed by atoms with E-state index in [1.807, 2.05) is 99.0 Å². The van der Waals surface area contributed by atoms with E-state index in [1.54, 1.807) is 0 Å². The van der Waals surface area contributed by atoms with Gasteiger partial charge in [-0.25, -0.2) is 4.99 Å². The van der Waals surface area contributed by atoms with Crippen LogP contribution in [0, 0.1) is 0 Å². The zero-order valence-electron chi connectivity index (χ0n) is 16.2. The van der Waals surface area contributed by atoms with Crippen molar-refractivity contribution in [2.45, 2.75) is 0 Å². The van der Waals surface area contributed by atoms with Crippen LogP contribution in [0.3, 0.4) is 0 Å². The van der Waals surface area contributed by atoms with Gasteiger partial charge in [-0.1, -0.05) is 48.5 Å². The molecule has 146 valence electrons. The van der Waals surface area contributed by atoms with Gasteiger partial charge in [-0.2, -0.15) is 0 Å². The third-order valence-electron chi connectivity index (χ3n) is 3.97. The van der Waals surface area contributed by atoms with Crippen molar-refractivity contribution in [3.63, 3.8) is 0 Å². The number of nitrogens with zero attached hydrogens (tertiary/aromatic N) is 2. The minimum absolute atomic E-state index is 0. The minimum atomic E-state index is 0. The van der Waals surface area contributed by atoms with Gasteiger partial charge in [0, 0.05) is 17.8 Å². The van der Waals surface area contributed by atoms with Gasteiger partial charge in [0.15, 0.2) is 0 Å². The van der Waals surface area contributed by atoms with Gasteiger partial charge >= 0.3 is 0 Å². The summed E-state index contributed by atoms with van der Waals surface area (Å²) in [7, 11) is 4.07. The van der Waals surface area contributed by atoms with Crippen LogP contribution in [0.25, 0.3) is 0 Å². The van der Waals surface area contributed by atoms with Gasteiger partial charge in [0.2, 0.25) is 0 Å². The standard InChI is InChI=1S/C23H25N3O.BrH/c1-26(2)17-18-27-22-15-13-21(14-16-22)25-23(19-9-5-3-6-10-19)24-20-11-7-4-8-12-20;/h3-16H,17-18H2,1-2H3,(H,24,25);1H. The van der Waals surface area contributed by atoms with E-state index in [9.17, 15) is 0 Å². The number of anilines is 1. The molecule has 0 saturated carbocycles. The monoisotopic (exact) mass is 439 g/mol. The lowest BCUT2D eigenvalue weighted by Gasteiger charge is -2.12. The first-order valence-corrected chi connectivity index (χ1v) is 9.04. The minimum Gasteiger partial charge on any atom is -0.492 e. The Balaban J connectivity index is 0.00000280. The second-order valence-corrected chi connectivity index (χ2v) is 6.46. The molecule has 3 aromatic carbocycles. The topological polar surface area (TPSA) is 36.9 Å². The van der Waals surface area contributed by atoms with Crippen LogP contribution in [-0.2, 0) is 0 Å². The van der Waals surface area contributed by atoms with Crippen LogP contribution in [0.5, 0.6) is 5.75 Å². The molecule has 0 fully saturated rings. The lowest BCUT2D eigenvalue weighted by Crippen LogP contribution is -2.19. The molecule has 3 rings (SSSR count). The molecular weight excluding hydrogens is 414 g/mol. The predicted molar refractivity (Wildman–Crippen MR) is 124 cm³/mol. The normalized spacial score (nSPS) is 11.0. The van der Waals surface area contributed by atoms with Gasteiger partial charge < -0.3 is 15.0 Å². The Kier molecular flexibility index (Phi) is 8.72. The number of ether oxygens (including phenoxy) is 1. The van der Waals surface area contributed by atoms with Crippen molar-refractivity contribution >= 4 is 34.2 Å². The number of para-hydroxylation sites is 1. The number of likely N-dealkylation sites (N-methyl/N-ethyl adjacent to an activating group) is 1. The number of halogens is 1. The SMILES string of the molecule is Br.CN(C)CCOc1ccc(N=C(Nc2ccccc2)c2ccccc2)cc1. The quantitative estimate of drug-likeness (QED) is 0.395. The summed E-state index contributed by atoms with van der Waals surface area (Å²) in [4.78, 5) is 6.91. The summed E-state index contributed by atoms with van der Waals surface area (Å²) in [6.07, 6.45) is 0. The van der Waals surface area contributed by atoms with Crippen molar-refractivity contribution in [1.82, 2.24) is 4.90 Å². The van der Waals surface area contributed by atoms with Crippen LogP contribution in [0.1, 0.15) is 5.56 Å². The molecule has 3 aromatic rings. The molecule has 0 bridgehead atoms. The Morgan fingerprint density at radius 3 is 2.07 bits per heavy atom. The average Bonchev–Trinajstić information content (AvgIpc) is 2.70. The maximum atomic E-state index is 5.75. The van der Waals surface area contributed by atoms with E-state index in [-0.39, 0.29) is 17.0 Å². The van der Waals surface area contributed by atoms with E-state index >= 15 is 0 Å². The first kappa shape index (κ1) is 21.7. The maximum absolute atomic E-state index is 5.75. The Hall–Kier alpha value is -2.63. The second kappa shape index (κ2) is 11.3. The number of hydrogen-bond donors (Lipinski definition) is 1. The molecule has 0 aliphatic carbocycles. The molecule has 4 nitrogen and oxygen atoms in total. The highest BCUT2D eigenvalue weighted by molar-refractivity contribution is 8.93. The van der Waals surface area contributed by atoms with E-state index in [1.165, 1.54) is 0 Å². The van der Waals surface area contributed by atoms with Gasteiger partial charge in [-0.15, -0.1) is 17.0 Å². The summed E-state index contributed by atoms with van der Waals surface area (Å²) in [6.45, 7) is 1.56. The van der Waals surface area contributed by atoms with Crippen LogP contribution in [0.2, 0.25) is 0 Å². The fourth-order valence-electron chi connectivity index (χ4n) is 2.51. The highest BCUT2D eigenvalue weighted by atomic mass is 79.9. The van der Waals surface area contributed by atoms with Crippen molar-refractivity contribution in [2.75, 3.05) is 32.6 Å². The van der Waals surface area contributed by atoms with Gasteiger partial charge in [-0.05, 0) is 50.5 Å². The highest BCUT2D eigenvalue weighted by Crippen LogP contribution is 2.20. The number of nitrogens with one attached hydrogen (secondary N) is 1. The lowest BCUT2D eigenvalue weighted by molar-refractivity contribution is 0.261. The van der Waals surface area contributed by atoms with Crippen molar-refractivity contribution in [2.24, 2.45) is 4.99 Å². The zero-order valence-corrected chi connectivity index (χ0v) is 17.9. The Morgan fingerprint density at radius 1 is 0.857 bits per heavy atom. The average molecular weight is 440 g/mol. The predicted octanol–water partition coefficient (Wildman–Crippen LogP) is 5.40. The largest absolute Gasteiger partial charge is 0.492 e. The van der Waals surface area contributed by atoms with E-state index in [0.717, 1.165) is 35.1 Å². The Labute approximate surface area is 177 Å².